The topological polar surface area (TPSA) is 46.2 Å². The van der Waals surface area contributed by atoms with Crippen molar-refractivity contribution in [3.63, 3.8) is 0 Å². The molecule has 3 nitrogen and oxygen atoms in total. The summed E-state index contributed by atoms with van der Waals surface area (Å²) in [5.74, 6) is 0. The highest BCUT2D eigenvalue weighted by molar-refractivity contribution is 9.10. The lowest BCUT2D eigenvalue weighted by atomic mass is 9.84. The van der Waals surface area contributed by atoms with Gasteiger partial charge in [0.25, 0.3) is 0 Å². The highest BCUT2D eigenvalue weighted by Gasteiger charge is 2.32. The van der Waals surface area contributed by atoms with Crippen LogP contribution in [0.5, 0.6) is 0 Å². The van der Waals surface area contributed by atoms with Gasteiger partial charge in [-0.3, -0.25) is 0 Å². The molecule has 0 aromatic heterocycles. The maximum Gasteiger partial charge on any atom is 0.241 e. The van der Waals surface area contributed by atoms with E-state index in [0.29, 0.717) is 4.90 Å². The molecule has 0 heterocycles. The Balaban J connectivity index is 2.29. The second-order valence-corrected chi connectivity index (χ2v) is 8.20. The quantitative estimate of drug-likeness (QED) is 0.906. The van der Waals surface area contributed by atoms with Gasteiger partial charge in [0.1, 0.15) is 0 Å². The van der Waals surface area contributed by atoms with Crippen molar-refractivity contribution in [1.82, 2.24) is 4.72 Å². The molecule has 2 rings (SSSR count). The predicted octanol–water partition coefficient (Wildman–Crippen LogP) is 3.76. The molecule has 1 N–H and O–H groups in total. The molecular formula is C14H20BrNO2S. The molecule has 1 aromatic carbocycles. The fourth-order valence-electron chi connectivity index (χ4n) is 2.68. The van der Waals surface area contributed by atoms with E-state index in [1.807, 2.05) is 26.0 Å². The Labute approximate surface area is 124 Å². The predicted molar refractivity (Wildman–Crippen MR) is 80.7 cm³/mol. The van der Waals surface area contributed by atoms with Crippen LogP contribution in [0.3, 0.4) is 0 Å². The first-order valence-electron chi connectivity index (χ1n) is 6.63. The maximum absolute atomic E-state index is 12.5. The Hall–Kier alpha value is -0.390. The van der Waals surface area contributed by atoms with Gasteiger partial charge in [0.15, 0.2) is 0 Å². The molecule has 19 heavy (non-hydrogen) atoms. The third-order valence-electron chi connectivity index (χ3n) is 3.78. The van der Waals surface area contributed by atoms with E-state index in [0.717, 1.165) is 35.7 Å². The fourth-order valence-corrected chi connectivity index (χ4v) is 4.93. The smallest absolute Gasteiger partial charge is 0.207 e. The monoisotopic (exact) mass is 345 g/mol. The van der Waals surface area contributed by atoms with Gasteiger partial charge in [0, 0.05) is 10.0 Å². The molecule has 1 aromatic rings. The zero-order valence-corrected chi connectivity index (χ0v) is 13.8. The van der Waals surface area contributed by atoms with Crippen molar-refractivity contribution in [2.75, 3.05) is 0 Å². The van der Waals surface area contributed by atoms with E-state index in [4.69, 9.17) is 0 Å². The molecule has 0 unspecified atom stereocenters. The lowest BCUT2D eigenvalue weighted by Gasteiger charge is -2.34. The molecule has 0 amide bonds. The van der Waals surface area contributed by atoms with Crippen molar-refractivity contribution in [1.29, 1.82) is 0 Å². The summed E-state index contributed by atoms with van der Waals surface area (Å²) >= 11 is 3.34. The molecule has 1 aliphatic rings. The SMILES string of the molecule is Cc1ccc(Br)cc1S(=O)(=O)NC1(C)CCCCC1. The molecule has 0 saturated heterocycles. The number of rotatable bonds is 3. The van der Waals surface area contributed by atoms with Gasteiger partial charge in [-0.25, -0.2) is 13.1 Å². The highest BCUT2D eigenvalue weighted by atomic mass is 79.9. The van der Waals surface area contributed by atoms with Crippen molar-refractivity contribution in [3.05, 3.63) is 28.2 Å². The normalized spacial score (nSPS) is 19.3. The molecule has 1 saturated carbocycles. The Kier molecular flexibility index (Phi) is 4.38. The molecular weight excluding hydrogens is 326 g/mol. The van der Waals surface area contributed by atoms with Crippen LogP contribution >= 0.6 is 15.9 Å². The number of hydrogen-bond donors (Lipinski definition) is 1. The fraction of sp³-hybridized carbons (Fsp3) is 0.571. The molecule has 0 radical (unpaired) electrons. The molecule has 0 atom stereocenters. The summed E-state index contributed by atoms with van der Waals surface area (Å²) in [6, 6.07) is 5.35. The number of hydrogen-bond acceptors (Lipinski definition) is 2. The van der Waals surface area contributed by atoms with Crippen LogP contribution in [-0.4, -0.2) is 14.0 Å². The van der Waals surface area contributed by atoms with E-state index < -0.39 is 10.0 Å². The van der Waals surface area contributed by atoms with Gasteiger partial charge in [-0.1, -0.05) is 41.3 Å². The summed E-state index contributed by atoms with van der Waals surface area (Å²) in [5.41, 5.74) is 0.473. The van der Waals surface area contributed by atoms with Crippen molar-refractivity contribution >= 4 is 26.0 Å². The minimum atomic E-state index is -3.45. The van der Waals surface area contributed by atoms with Gasteiger partial charge >= 0.3 is 0 Å². The number of aryl methyl sites for hydroxylation is 1. The van der Waals surface area contributed by atoms with Crippen LogP contribution in [0.1, 0.15) is 44.6 Å². The number of sulfonamides is 1. The van der Waals surface area contributed by atoms with Gasteiger partial charge < -0.3 is 0 Å². The highest BCUT2D eigenvalue weighted by Crippen LogP contribution is 2.30. The maximum atomic E-state index is 12.5. The first kappa shape index (κ1) is 15.0. The van der Waals surface area contributed by atoms with E-state index in [1.165, 1.54) is 6.42 Å². The lowest BCUT2D eigenvalue weighted by molar-refractivity contribution is 0.294. The van der Waals surface area contributed by atoms with Crippen molar-refractivity contribution in [3.8, 4) is 0 Å². The number of halogens is 1. The van der Waals surface area contributed by atoms with Crippen molar-refractivity contribution in [2.45, 2.75) is 56.4 Å². The summed E-state index contributed by atoms with van der Waals surface area (Å²) < 4.78 is 28.8. The van der Waals surface area contributed by atoms with Crippen molar-refractivity contribution < 1.29 is 8.42 Å². The van der Waals surface area contributed by atoms with E-state index >= 15 is 0 Å². The summed E-state index contributed by atoms with van der Waals surface area (Å²) in [6.45, 7) is 3.83. The standard InChI is InChI=1S/C14H20BrNO2S/c1-11-6-7-12(15)10-13(11)19(17,18)16-14(2)8-4-3-5-9-14/h6-7,10,16H,3-5,8-9H2,1-2H3. The molecule has 1 fully saturated rings. The van der Waals surface area contributed by atoms with Crippen LogP contribution in [0, 0.1) is 6.92 Å². The lowest BCUT2D eigenvalue weighted by Crippen LogP contribution is -2.47. The summed E-state index contributed by atoms with van der Waals surface area (Å²) in [4.78, 5) is 0.369. The second kappa shape index (κ2) is 5.54. The minimum Gasteiger partial charge on any atom is -0.207 e. The largest absolute Gasteiger partial charge is 0.241 e. The van der Waals surface area contributed by atoms with Crippen LogP contribution in [0.4, 0.5) is 0 Å². The number of benzene rings is 1. The van der Waals surface area contributed by atoms with Crippen molar-refractivity contribution in [2.24, 2.45) is 0 Å². The Morgan fingerprint density at radius 3 is 2.47 bits per heavy atom. The number of nitrogens with one attached hydrogen (secondary N) is 1. The van der Waals surface area contributed by atoms with Crippen LogP contribution in [0.25, 0.3) is 0 Å². The average Bonchev–Trinajstić information content (AvgIpc) is 2.31. The molecule has 0 spiro atoms. The Morgan fingerprint density at radius 1 is 1.21 bits per heavy atom. The van der Waals surface area contributed by atoms with Crippen LogP contribution in [0.2, 0.25) is 0 Å². The average molecular weight is 346 g/mol. The minimum absolute atomic E-state index is 0.300. The van der Waals surface area contributed by atoms with Crippen LogP contribution in [-0.2, 0) is 10.0 Å². The zero-order chi connectivity index (χ0) is 14.1. The molecule has 5 heteroatoms. The van der Waals surface area contributed by atoms with E-state index in [-0.39, 0.29) is 5.54 Å². The summed E-state index contributed by atoms with van der Waals surface area (Å²) in [5, 5.41) is 0. The Bertz CT molecular complexity index is 563. The van der Waals surface area contributed by atoms with Gasteiger partial charge in [-0.05, 0) is 44.4 Å². The molecule has 0 bridgehead atoms. The molecule has 1 aliphatic carbocycles. The second-order valence-electron chi connectivity index (χ2n) is 5.64. The first-order valence-corrected chi connectivity index (χ1v) is 8.90. The Morgan fingerprint density at radius 2 is 1.84 bits per heavy atom. The van der Waals surface area contributed by atoms with E-state index in [1.54, 1.807) is 6.07 Å². The summed E-state index contributed by atoms with van der Waals surface area (Å²) in [7, 11) is -3.45. The van der Waals surface area contributed by atoms with Gasteiger partial charge in [-0.2, -0.15) is 0 Å². The zero-order valence-electron chi connectivity index (χ0n) is 11.4. The van der Waals surface area contributed by atoms with Gasteiger partial charge in [0.2, 0.25) is 10.0 Å². The van der Waals surface area contributed by atoms with Gasteiger partial charge in [0.05, 0.1) is 4.90 Å². The van der Waals surface area contributed by atoms with Gasteiger partial charge in [-0.15, -0.1) is 0 Å². The van der Waals surface area contributed by atoms with Crippen LogP contribution in [0.15, 0.2) is 27.6 Å². The molecule has 0 aliphatic heterocycles. The summed E-state index contributed by atoms with van der Waals surface area (Å²) in [6.07, 6.45) is 5.22. The third kappa shape index (κ3) is 3.58. The third-order valence-corrected chi connectivity index (χ3v) is 6.05. The molecule has 106 valence electrons. The van der Waals surface area contributed by atoms with E-state index in [2.05, 4.69) is 20.7 Å². The first-order chi connectivity index (χ1) is 8.82. The van der Waals surface area contributed by atoms with E-state index in [9.17, 15) is 8.42 Å². The van der Waals surface area contributed by atoms with Crippen LogP contribution < -0.4 is 4.72 Å².